The molecular weight excluding hydrogens is 240 g/mol. The number of carboxylic acids is 1. The first-order valence-electron chi connectivity index (χ1n) is 5.63. The highest BCUT2D eigenvalue weighted by Gasteiger charge is 2.44. The third-order valence-electron chi connectivity index (χ3n) is 3.55. The van der Waals surface area contributed by atoms with Gasteiger partial charge in [-0.25, -0.2) is 0 Å². The van der Waals surface area contributed by atoms with Crippen LogP contribution < -0.4 is 4.74 Å². The van der Waals surface area contributed by atoms with Crippen LogP contribution in [0.3, 0.4) is 0 Å². The number of ether oxygens (including phenoxy) is 1. The Kier molecular flexibility index (Phi) is 3.29. The summed E-state index contributed by atoms with van der Waals surface area (Å²) in [5.74, 6) is -0.0210. The summed E-state index contributed by atoms with van der Waals surface area (Å²) in [4.78, 5) is 11.3. The lowest BCUT2D eigenvalue weighted by Crippen LogP contribution is -2.39. The molecule has 0 bridgehead atoms. The van der Waals surface area contributed by atoms with E-state index in [1.165, 1.54) is 0 Å². The fourth-order valence-corrected chi connectivity index (χ4v) is 2.47. The van der Waals surface area contributed by atoms with E-state index in [1.807, 2.05) is 12.1 Å². The number of benzene rings is 1. The molecule has 0 heterocycles. The third-order valence-corrected chi connectivity index (χ3v) is 3.91. The molecule has 1 aliphatic carbocycles. The van der Waals surface area contributed by atoms with Crippen molar-refractivity contribution >= 4 is 17.6 Å². The normalized spacial score (nSPS) is 17.3. The van der Waals surface area contributed by atoms with Gasteiger partial charge in [-0.3, -0.25) is 4.79 Å². The van der Waals surface area contributed by atoms with E-state index in [0.717, 1.165) is 24.8 Å². The number of rotatable bonds is 4. The molecule has 0 unspecified atom stereocenters. The van der Waals surface area contributed by atoms with E-state index in [0.29, 0.717) is 17.2 Å². The van der Waals surface area contributed by atoms with Gasteiger partial charge in [0.25, 0.3) is 0 Å². The Bertz CT molecular complexity index is 438. The summed E-state index contributed by atoms with van der Waals surface area (Å²) < 4.78 is 5.07. The minimum absolute atomic E-state index is 0.505. The van der Waals surface area contributed by atoms with Crippen molar-refractivity contribution in [3.63, 3.8) is 0 Å². The van der Waals surface area contributed by atoms with Crippen LogP contribution in [0.2, 0.25) is 5.02 Å². The topological polar surface area (TPSA) is 46.5 Å². The van der Waals surface area contributed by atoms with E-state index in [1.54, 1.807) is 13.2 Å². The first kappa shape index (κ1) is 12.2. The molecule has 0 saturated heterocycles. The van der Waals surface area contributed by atoms with E-state index in [-0.39, 0.29) is 0 Å². The number of hydrogen-bond acceptors (Lipinski definition) is 2. The maximum absolute atomic E-state index is 11.3. The zero-order valence-electron chi connectivity index (χ0n) is 9.70. The molecule has 92 valence electrons. The minimum atomic E-state index is -0.712. The van der Waals surface area contributed by atoms with Gasteiger partial charge in [-0.05, 0) is 37.0 Å². The van der Waals surface area contributed by atoms with Crippen LogP contribution in [0, 0.1) is 5.41 Å². The Hall–Kier alpha value is -1.22. The van der Waals surface area contributed by atoms with Crippen molar-refractivity contribution < 1.29 is 14.6 Å². The van der Waals surface area contributed by atoms with Gasteiger partial charge in [0, 0.05) is 5.02 Å². The summed E-state index contributed by atoms with van der Waals surface area (Å²) in [6.45, 7) is 0. The van der Waals surface area contributed by atoms with Crippen molar-refractivity contribution in [3.05, 3.63) is 28.8 Å². The van der Waals surface area contributed by atoms with Crippen molar-refractivity contribution in [3.8, 4) is 5.75 Å². The SMILES string of the molecule is COc1ccc(CC2(C(=O)O)CCC2)c(Cl)c1. The molecule has 4 heteroatoms. The molecular formula is C13H15ClO3. The lowest BCUT2D eigenvalue weighted by molar-refractivity contribution is -0.154. The molecule has 1 fully saturated rings. The van der Waals surface area contributed by atoms with Gasteiger partial charge in [-0.2, -0.15) is 0 Å². The number of carboxylic acid groups (broad SMARTS) is 1. The highest BCUT2D eigenvalue weighted by Crippen LogP contribution is 2.45. The molecule has 0 aromatic heterocycles. The van der Waals surface area contributed by atoms with Crippen molar-refractivity contribution in [1.82, 2.24) is 0 Å². The van der Waals surface area contributed by atoms with Crippen molar-refractivity contribution in [1.29, 1.82) is 0 Å². The van der Waals surface area contributed by atoms with Gasteiger partial charge in [0.2, 0.25) is 0 Å². The quantitative estimate of drug-likeness (QED) is 0.898. The minimum Gasteiger partial charge on any atom is -0.497 e. The molecule has 1 aromatic carbocycles. The average molecular weight is 255 g/mol. The first-order valence-corrected chi connectivity index (χ1v) is 6.01. The van der Waals surface area contributed by atoms with Gasteiger partial charge in [0.05, 0.1) is 12.5 Å². The van der Waals surface area contributed by atoms with Crippen LogP contribution >= 0.6 is 11.6 Å². The second-order valence-corrected chi connectivity index (χ2v) is 4.98. The summed E-state index contributed by atoms with van der Waals surface area (Å²) in [5.41, 5.74) is 0.285. The Morgan fingerprint density at radius 3 is 2.65 bits per heavy atom. The highest BCUT2D eigenvalue weighted by molar-refractivity contribution is 6.31. The maximum Gasteiger partial charge on any atom is 0.309 e. The lowest BCUT2D eigenvalue weighted by atomic mass is 9.65. The fourth-order valence-electron chi connectivity index (χ4n) is 2.23. The Balaban J connectivity index is 2.21. The van der Waals surface area contributed by atoms with Gasteiger partial charge in [0.15, 0.2) is 0 Å². The monoisotopic (exact) mass is 254 g/mol. The van der Waals surface area contributed by atoms with E-state index >= 15 is 0 Å². The smallest absolute Gasteiger partial charge is 0.309 e. The van der Waals surface area contributed by atoms with Crippen LogP contribution in [0.15, 0.2) is 18.2 Å². The second kappa shape index (κ2) is 4.57. The van der Waals surface area contributed by atoms with E-state index < -0.39 is 11.4 Å². The van der Waals surface area contributed by atoms with Gasteiger partial charge in [0.1, 0.15) is 5.75 Å². The molecule has 0 spiro atoms. The zero-order valence-corrected chi connectivity index (χ0v) is 10.5. The first-order chi connectivity index (χ1) is 8.07. The summed E-state index contributed by atoms with van der Waals surface area (Å²) in [6, 6.07) is 5.39. The van der Waals surface area contributed by atoms with Gasteiger partial charge in [-0.15, -0.1) is 0 Å². The molecule has 2 rings (SSSR count). The molecule has 1 saturated carbocycles. The summed E-state index contributed by atoms with van der Waals surface area (Å²) in [5, 5.41) is 9.85. The van der Waals surface area contributed by atoms with Crippen LogP contribution in [0.4, 0.5) is 0 Å². The van der Waals surface area contributed by atoms with Crippen LogP contribution in [-0.2, 0) is 11.2 Å². The largest absolute Gasteiger partial charge is 0.497 e. The van der Waals surface area contributed by atoms with Crippen molar-refractivity contribution in [2.45, 2.75) is 25.7 Å². The van der Waals surface area contributed by atoms with Crippen molar-refractivity contribution in [2.24, 2.45) is 5.41 Å². The van der Waals surface area contributed by atoms with Gasteiger partial charge < -0.3 is 9.84 Å². The molecule has 0 amide bonds. The van der Waals surface area contributed by atoms with Crippen molar-refractivity contribution in [2.75, 3.05) is 7.11 Å². The standard InChI is InChI=1S/C13H15ClO3/c1-17-10-4-3-9(11(14)7-10)8-13(12(15)16)5-2-6-13/h3-4,7H,2,5-6,8H2,1H3,(H,15,16). The summed E-state index contributed by atoms with van der Waals surface area (Å²) >= 11 is 6.13. The Labute approximate surface area is 105 Å². The summed E-state index contributed by atoms with van der Waals surface area (Å²) in [6.07, 6.45) is 2.97. The van der Waals surface area contributed by atoms with E-state index in [2.05, 4.69) is 0 Å². The number of carbonyl (C=O) groups is 1. The lowest BCUT2D eigenvalue weighted by Gasteiger charge is -2.38. The zero-order chi connectivity index (χ0) is 12.5. The average Bonchev–Trinajstić information content (AvgIpc) is 2.24. The molecule has 3 nitrogen and oxygen atoms in total. The van der Waals surface area contributed by atoms with Crippen LogP contribution in [0.25, 0.3) is 0 Å². The predicted molar refractivity (Wildman–Crippen MR) is 65.6 cm³/mol. The number of halogens is 1. The molecule has 17 heavy (non-hydrogen) atoms. The van der Waals surface area contributed by atoms with Crippen LogP contribution in [0.1, 0.15) is 24.8 Å². The molecule has 1 aliphatic rings. The van der Waals surface area contributed by atoms with Gasteiger partial charge >= 0.3 is 5.97 Å². The third kappa shape index (κ3) is 2.25. The Morgan fingerprint density at radius 1 is 1.53 bits per heavy atom. The number of methoxy groups -OCH3 is 1. The van der Waals surface area contributed by atoms with E-state index in [9.17, 15) is 9.90 Å². The van der Waals surface area contributed by atoms with Crippen LogP contribution in [0.5, 0.6) is 5.75 Å². The number of hydrogen-bond donors (Lipinski definition) is 1. The van der Waals surface area contributed by atoms with Gasteiger partial charge in [-0.1, -0.05) is 24.1 Å². The molecule has 1 aromatic rings. The fraction of sp³-hybridized carbons (Fsp3) is 0.462. The second-order valence-electron chi connectivity index (χ2n) is 4.57. The van der Waals surface area contributed by atoms with Crippen LogP contribution in [-0.4, -0.2) is 18.2 Å². The molecule has 0 aliphatic heterocycles. The predicted octanol–water partition coefficient (Wildman–Crippen LogP) is 3.15. The molecule has 1 N–H and O–H groups in total. The highest BCUT2D eigenvalue weighted by atomic mass is 35.5. The molecule has 0 radical (unpaired) electrons. The molecule has 0 atom stereocenters. The number of aliphatic carboxylic acids is 1. The summed E-state index contributed by atoms with van der Waals surface area (Å²) in [7, 11) is 1.58. The van der Waals surface area contributed by atoms with E-state index in [4.69, 9.17) is 16.3 Å². The Morgan fingerprint density at radius 2 is 2.24 bits per heavy atom. The maximum atomic E-state index is 11.3.